The zero-order chi connectivity index (χ0) is 16.1. The van der Waals surface area contributed by atoms with Gasteiger partial charge in [-0.15, -0.1) is 0 Å². The Hall–Kier alpha value is -2.04. The normalized spacial score (nSPS) is 18.6. The lowest BCUT2D eigenvalue weighted by Crippen LogP contribution is -2.37. The van der Waals surface area contributed by atoms with Crippen molar-refractivity contribution in [3.05, 3.63) is 59.7 Å². The molecule has 1 heterocycles. The highest BCUT2D eigenvalue weighted by Crippen LogP contribution is 2.33. The zero-order valence-corrected chi connectivity index (χ0v) is 13.7. The summed E-state index contributed by atoms with van der Waals surface area (Å²) in [6.07, 6.45) is -0.00230. The first-order valence-electron chi connectivity index (χ1n) is 7.90. The highest BCUT2D eigenvalue weighted by atomic mass is 16.5. The van der Waals surface area contributed by atoms with Gasteiger partial charge in [-0.3, -0.25) is 4.90 Å². The molecule has 0 radical (unpaired) electrons. The predicted molar refractivity (Wildman–Crippen MR) is 90.0 cm³/mol. The third-order valence-corrected chi connectivity index (χ3v) is 4.18. The summed E-state index contributed by atoms with van der Waals surface area (Å²) in [5.74, 6) is 1.67. The van der Waals surface area contributed by atoms with Crippen LogP contribution in [-0.2, 0) is 11.3 Å². The average Bonchev–Trinajstić information content (AvgIpc) is 2.62. The summed E-state index contributed by atoms with van der Waals surface area (Å²) < 4.78 is 16.8. The molecule has 1 atom stereocenters. The molecule has 0 N–H and O–H groups in total. The standard InChI is InChI=1S/C19H23NO3/c1-21-16-8-9-18(22-2)17(12-16)19-14-20(10-11-23-19)13-15-6-4-3-5-7-15/h3-9,12,19H,10-11,13-14H2,1-2H3/t19-/m1/s1. The fourth-order valence-corrected chi connectivity index (χ4v) is 2.97. The average molecular weight is 313 g/mol. The van der Waals surface area contributed by atoms with Crippen molar-refractivity contribution in [2.75, 3.05) is 33.9 Å². The number of methoxy groups -OCH3 is 2. The van der Waals surface area contributed by atoms with Crippen molar-refractivity contribution in [3.63, 3.8) is 0 Å². The van der Waals surface area contributed by atoms with E-state index in [4.69, 9.17) is 14.2 Å². The molecule has 0 saturated carbocycles. The molecule has 1 saturated heterocycles. The van der Waals surface area contributed by atoms with Gasteiger partial charge in [0.2, 0.25) is 0 Å². The van der Waals surface area contributed by atoms with E-state index in [0.717, 1.165) is 43.3 Å². The minimum atomic E-state index is -0.00230. The molecule has 4 nitrogen and oxygen atoms in total. The molecule has 1 aliphatic rings. The van der Waals surface area contributed by atoms with E-state index < -0.39 is 0 Å². The Bertz CT molecular complexity index is 630. The minimum absolute atomic E-state index is 0.00230. The molecule has 0 spiro atoms. The van der Waals surface area contributed by atoms with Gasteiger partial charge in [-0.1, -0.05) is 30.3 Å². The van der Waals surface area contributed by atoms with Gasteiger partial charge >= 0.3 is 0 Å². The van der Waals surface area contributed by atoms with Crippen molar-refractivity contribution in [2.45, 2.75) is 12.6 Å². The second-order valence-electron chi connectivity index (χ2n) is 5.69. The molecule has 0 aromatic heterocycles. The Morgan fingerprint density at radius 3 is 2.65 bits per heavy atom. The SMILES string of the molecule is COc1ccc(OC)c([C@H]2CN(Cc3ccccc3)CCO2)c1. The predicted octanol–water partition coefficient (Wildman–Crippen LogP) is 3.28. The lowest BCUT2D eigenvalue weighted by Gasteiger charge is -2.33. The Labute approximate surface area is 137 Å². The number of hydrogen-bond donors (Lipinski definition) is 0. The molecule has 0 unspecified atom stereocenters. The molecule has 1 fully saturated rings. The van der Waals surface area contributed by atoms with Gasteiger partial charge < -0.3 is 14.2 Å². The van der Waals surface area contributed by atoms with Crippen LogP contribution in [0, 0.1) is 0 Å². The molecule has 0 bridgehead atoms. The highest BCUT2D eigenvalue weighted by Gasteiger charge is 2.25. The topological polar surface area (TPSA) is 30.9 Å². The van der Waals surface area contributed by atoms with Crippen LogP contribution in [0.5, 0.6) is 11.5 Å². The first-order valence-corrected chi connectivity index (χ1v) is 7.90. The van der Waals surface area contributed by atoms with Crippen molar-refractivity contribution in [1.82, 2.24) is 4.90 Å². The lowest BCUT2D eigenvalue weighted by molar-refractivity contribution is -0.0339. The number of ether oxygens (including phenoxy) is 3. The van der Waals surface area contributed by atoms with Gasteiger partial charge in [0.25, 0.3) is 0 Å². The maximum absolute atomic E-state index is 6.00. The van der Waals surface area contributed by atoms with E-state index in [2.05, 4.69) is 29.2 Å². The number of benzene rings is 2. The van der Waals surface area contributed by atoms with Crippen LogP contribution < -0.4 is 9.47 Å². The molecule has 2 aromatic rings. The summed E-state index contributed by atoms with van der Waals surface area (Å²) in [5.41, 5.74) is 2.37. The van der Waals surface area contributed by atoms with Gasteiger partial charge in [0.1, 0.15) is 11.5 Å². The van der Waals surface area contributed by atoms with Crippen LogP contribution >= 0.6 is 0 Å². The molecule has 0 aliphatic carbocycles. The second kappa shape index (κ2) is 7.49. The summed E-state index contributed by atoms with van der Waals surface area (Å²) in [6.45, 7) is 3.45. The molecular weight excluding hydrogens is 290 g/mol. The lowest BCUT2D eigenvalue weighted by atomic mass is 10.1. The molecule has 122 valence electrons. The van der Waals surface area contributed by atoms with Crippen LogP contribution in [0.25, 0.3) is 0 Å². The maximum Gasteiger partial charge on any atom is 0.124 e. The Morgan fingerprint density at radius 2 is 1.91 bits per heavy atom. The van der Waals surface area contributed by atoms with E-state index in [0.29, 0.717) is 0 Å². The van der Waals surface area contributed by atoms with Gasteiger partial charge in [-0.25, -0.2) is 0 Å². The highest BCUT2D eigenvalue weighted by molar-refractivity contribution is 5.42. The smallest absolute Gasteiger partial charge is 0.124 e. The van der Waals surface area contributed by atoms with E-state index in [1.165, 1.54) is 5.56 Å². The van der Waals surface area contributed by atoms with Gasteiger partial charge in [0.15, 0.2) is 0 Å². The summed E-state index contributed by atoms with van der Waals surface area (Å²) in [7, 11) is 3.37. The van der Waals surface area contributed by atoms with Gasteiger partial charge in [-0.05, 0) is 23.8 Å². The van der Waals surface area contributed by atoms with Gasteiger partial charge in [-0.2, -0.15) is 0 Å². The first-order chi connectivity index (χ1) is 11.3. The van der Waals surface area contributed by atoms with Crippen LogP contribution in [0.1, 0.15) is 17.2 Å². The van der Waals surface area contributed by atoms with Crippen molar-refractivity contribution < 1.29 is 14.2 Å². The molecule has 0 amide bonds. The molecule has 1 aliphatic heterocycles. The zero-order valence-electron chi connectivity index (χ0n) is 13.7. The van der Waals surface area contributed by atoms with E-state index in [-0.39, 0.29) is 6.10 Å². The number of rotatable bonds is 5. The summed E-state index contributed by atoms with van der Waals surface area (Å²) in [5, 5.41) is 0. The van der Waals surface area contributed by atoms with Gasteiger partial charge in [0.05, 0.1) is 26.9 Å². The third-order valence-electron chi connectivity index (χ3n) is 4.18. The Balaban J connectivity index is 1.75. The van der Waals surface area contributed by atoms with Gasteiger partial charge in [0, 0.05) is 25.2 Å². The molecule has 23 heavy (non-hydrogen) atoms. The van der Waals surface area contributed by atoms with E-state index in [9.17, 15) is 0 Å². The van der Waals surface area contributed by atoms with Crippen LogP contribution in [0.15, 0.2) is 48.5 Å². The molecule has 2 aromatic carbocycles. The number of nitrogens with zero attached hydrogens (tertiary/aromatic N) is 1. The summed E-state index contributed by atoms with van der Waals surface area (Å²) >= 11 is 0. The fraction of sp³-hybridized carbons (Fsp3) is 0.368. The van der Waals surface area contributed by atoms with E-state index in [1.807, 2.05) is 24.3 Å². The number of hydrogen-bond acceptors (Lipinski definition) is 4. The maximum atomic E-state index is 6.00. The van der Waals surface area contributed by atoms with Crippen LogP contribution in [-0.4, -0.2) is 38.8 Å². The van der Waals surface area contributed by atoms with Crippen LogP contribution in [0.3, 0.4) is 0 Å². The number of morpholine rings is 1. The summed E-state index contributed by atoms with van der Waals surface area (Å²) in [6, 6.07) is 16.4. The van der Waals surface area contributed by atoms with Crippen molar-refractivity contribution in [3.8, 4) is 11.5 Å². The molecular formula is C19H23NO3. The Kier molecular flexibility index (Phi) is 5.16. The van der Waals surface area contributed by atoms with Crippen LogP contribution in [0.4, 0.5) is 0 Å². The molecule has 3 rings (SSSR count). The van der Waals surface area contributed by atoms with Crippen LogP contribution in [0.2, 0.25) is 0 Å². The Morgan fingerprint density at radius 1 is 1.09 bits per heavy atom. The third kappa shape index (κ3) is 3.84. The second-order valence-corrected chi connectivity index (χ2v) is 5.69. The van der Waals surface area contributed by atoms with E-state index in [1.54, 1.807) is 14.2 Å². The van der Waals surface area contributed by atoms with Crippen molar-refractivity contribution in [2.24, 2.45) is 0 Å². The quantitative estimate of drug-likeness (QED) is 0.847. The first kappa shape index (κ1) is 15.8. The van der Waals surface area contributed by atoms with Crippen molar-refractivity contribution in [1.29, 1.82) is 0 Å². The van der Waals surface area contributed by atoms with E-state index >= 15 is 0 Å². The molecule has 4 heteroatoms. The fourth-order valence-electron chi connectivity index (χ4n) is 2.97. The summed E-state index contributed by atoms with van der Waals surface area (Å²) in [4.78, 5) is 2.42. The minimum Gasteiger partial charge on any atom is -0.497 e. The largest absolute Gasteiger partial charge is 0.497 e. The monoisotopic (exact) mass is 313 g/mol. The van der Waals surface area contributed by atoms with Crippen molar-refractivity contribution >= 4 is 0 Å².